The Bertz CT molecular complexity index is 498. The lowest BCUT2D eigenvalue weighted by Gasteiger charge is -2.47. The molecule has 2 heteroatoms. The third-order valence-electron chi connectivity index (χ3n) is 9.09. The summed E-state index contributed by atoms with van der Waals surface area (Å²) < 4.78 is 12.2. The van der Waals surface area contributed by atoms with Crippen LogP contribution >= 0.6 is 0 Å². The van der Waals surface area contributed by atoms with Gasteiger partial charge in [0.25, 0.3) is 0 Å². The first-order valence-electron chi connectivity index (χ1n) is 11.2. The lowest BCUT2D eigenvalue weighted by Crippen LogP contribution is -2.42. The van der Waals surface area contributed by atoms with Crippen LogP contribution in [0.3, 0.4) is 0 Å². The molecule has 5 rings (SSSR count). The highest BCUT2D eigenvalue weighted by Gasteiger charge is 2.60. The largest absolute Gasteiger partial charge is 0.366 e. The molecule has 5 aliphatic rings. The molecule has 0 aromatic heterocycles. The van der Waals surface area contributed by atoms with Gasteiger partial charge in [0.05, 0.1) is 23.4 Å². The minimum atomic E-state index is 0.240. The standard InChI is InChI=1S/C23H38O2/c1-14-5-8-18(15(2)11-14)21(16-6-9-19-22(3,12-16)24-19)17-7-10-20-23(4,13-17)25-20/h14-21H,5-13H2,1-4H3. The van der Waals surface area contributed by atoms with Crippen molar-refractivity contribution in [1.29, 1.82) is 0 Å². The third-order valence-corrected chi connectivity index (χ3v) is 9.09. The summed E-state index contributed by atoms with van der Waals surface area (Å²) in [5.74, 6) is 5.51. The summed E-state index contributed by atoms with van der Waals surface area (Å²) in [6.45, 7) is 9.80. The van der Waals surface area contributed by atoms with Crippen LogP contribution in [0.4, 0.5) is 0 Å². The van der Waals surface area contributed by atoms with Crippen LogP contribution < -0.4 is 0 Å². The Hall–Kier alpha value is -0.0800. The summed E-state index contributed by atoms with van der Waals surface area (Å²) in [4.78, 5) is 0. The van der Waals surface area contributed by atoms with E-state index < -0.39 is 0 Å². The van der Waals surface area contributed by atoms with Crippen molar-refractivity contribution in [1.82, 2.24) is 0 Å². The van der Waals surface area contributed by atoms with Gasteiger partial charge in [-0.25, -0.2) is 0 Å². The minimum absolute atomic E-state index is 0.240. The molecular weight excluding hydrogens is 308 g/mol. The summed E-state index contributed by atoms with van der Waals surface area (Å²) in [5.41, 5.74) is 0.479. The topological polar surface area (TPSA) is 25.1 Å². The molecule has 25 heavy (non-hydrogen) atoms. The Balaban J connectivity index is 1.39. The van der Waals surface area contributed by atoms with E-state index in [1.807, 2.05) is 0 Å². The van der Waals surface area contributed by atoms with Crippen LogP contribution in [0.2, 0.25) is 0 Å². The van der Waals surface area contributed by atoms with Gasteiger partial charge < -0.3 is 9.47 Å². The molecule has 2 saturated heterocycles. The van der Waals surface area contributed by atoms with Crippen molar-refractivity contribution in [3.05, 3.63) is 0 Å². The van der Waals surface area contributed by atoms with Gasteiger partial charge >= 0.3 is 0 Å². The second-order valence-electron chi connectivity index (χ2n) is 11.1. The van der Waals surface area contributed by atoms with Crippen LogP contribution in [0.15, 0.2) is 0 Å². The predicted octanol–water partition coefficient (Wildman–Crippen LogP) is 5.59. The fraction of sp³-hybridized carbons (Fsp3) is 1.00. The molecular formula is C23H38O2. The van der Waals surface area contributed by atoms with E-state index in [2.05, 4.69) is 27.7 Å². The second kappa shape index (κ2) is 5.71. The van der Waals surface area contributed by atoms with Crippen molar-refractivity contribution in [2.45, 2.75) is 109 Å². The van der Waals surface area contributed by atoms with Crippen molar-refractivity contribution in [2.75, 3.05) is 0 Å². The van der Waals surface area contributed by atoms with E-state index in [0.717, 1.165) is 35.5 Å². The van der Waals surface area contributed by atoms with Crippen LogP contribution in [0.1, 0.15) is 85.5 Å². The van der Waals surface area contributed by atoms with Gasteiger partial charge in [0, 0.05) is 0 Å². The van der Waals surface area contributed by atoms with E-state index in [9.17, 15) is 0 Å². The Kier molecular flexibility index (Phi) is 3.89. The molecule has 0 radical (unpaired) electrons. The maximum atomic E-state index is 6.09. The van der Waals surface area contributed by atoms with Crippen molar-refractivity contribution < 1.29 is 9.47 Å². The SMILES string of the molecule is CC1CCC(C(C2CCC3OC3(C)C2)C2CCC3OC3(C)C2)C(C)C1. The highest BCUT2D eigenvalue weighted by molar-refractivity contribution is 5.09. The first-order valence-corrected chi connectivity index (χ1v) is 11.2. The van der Waals surface area contributed by atoms with Crippen LogP contribution in [0.25, 0.3) is 0 Å². The number of epoxide rings is 2. The fourth-order valence-corrected chi connectivity index (χ4v) is 7.65. The van der Waals surface area contributed by atoms with E-state index in [4.69, 9.17) is 9.47 Å². The lowest BCUT2D eigenvalue weighted by atomic mass is 9.57. The first kappa shape index (κ1) is 17.0. The molecule has 9 unspecified atom stereocenters. The van der Waals surface area contributed by atoms with Crippen molar-refractivity contribution in [3.8, 4) is 0 Å². The van der Waals surface area contributed by atoms with Gasteiger partial charge in [-0.1, -0.05) is 20.3 Å². The van der Waals surface area contributed by atoms with E-state index in [-0.39, 0.29) is 11.2 Å². The molecule has 0 spiro atoms. The summed E-state index contributed by atoms with van der Waals surface area (Å²) >= 11 is 0. The molecule has 5 fully saturated rings. The number of fused-ring (bicyclic) bond motifs is 2. The van der Waals surface area contributed by atoms with Gasteiger partial charge in [-0.15, -0.1) is 0 Å². The van der Waals surface area contributed by atoms with Gasteiger partial charge in [0.1, 0.15) is 0 Å². The molecule has 2 nitrogen and oxygen atoms in total. The van der Waals surface area contributed by atoms with Crippen LogP contribution in [-0.2, 0) is 9.47 Å². The van der Waals surface area contributed by atoms with E-state index >= 15 is 0 Å². The average Bonchev–Trinajstić information content (AvgIpc) is 3.41. The summed E-state index contributed by atoms with van der Waals surface area (Å²) in [5, 5.41) is 0. The lowest BCUT2D eigenvalue weighted by molar-refractivity contribution is 0.0231. The molecule has 0 amide bonds. The highest BCUT2D eigenvalue weighted by atomic mass is 16.6. The third kappa shape index (κ3) is 2.90. The average molecular weight is 347 g/mol. The molecule has 0 aromatic carbocycles. The molecule has 2 heterocycles. The molecule has 142 valence electrons. The summed E-state index contributed by atoms with van der Waals surface area (Å²) in [6, 6.07) is 0. The Morgan fingerprint density at radius 3 is 1.80 bits per heavy atom. The van der Waals surface area contributed by atoms with Crippen molar-refractivity contribution in [2.24, 2.45) is 35.5 Å². The van der Waals surface area contributed by atoms with Crippen molar-refractivity contribution >= 4 is 0 Å². The van der Waals surface area contributed by atoms with Crippen LogP contribution in [-0.4, -0.2) is 23.4 Å². The predicted molar refractivity (Wildman–Crippen MR) is 100 cm³/mol. The molecule has 3 aliphatic carbocycles. The van der Waals surface area contributed by atoms with Gasteiger partial charge in [0.15, 0.2) is 0 Å². The van der Waals surface area contributed by atoms with Crippen LogP contribution in [0.5, 0.6) is 0 Å². The number of hydrogen-bond acceptors (Lipinski definition) is 2. The quantitative estimate of drug-likeness (QED) is 0.622. The smallest absolute Gasteiger partial charge is 0.0923 e. The number of rotatable bonds is 3. The summed E-state index contributed by atoms with van der Waals surface area (Å²) in [7, 11) is 0. The second-order valence-corrected chi connectivity index (χ2v) is 11.1. The monoisotopic (exact) mass is 346 g/mol. The van der Waals surface area contributed by atoms with E-state index in [1.165, 1.54) is 57.8 Å². The molecule has 2 aliphatic heterocycles. The highest BCUT2D eigenvalue weighted by Crippen LogP contribution is 2.59. The maximum absolute atomic E-state index is 6.09. The first-order chi connectivity index (χ1) is 11.9. The molecule has 0 aromatic rings. The fourth-order valence-electron chi connectivity index (χ4n) is 7.65. The molecule has 3 saturated carbocycles. The number of ether oxygens (including phenoxy) is 2. The minimum Gasteiger partial charge on any atom is -0.366 e. The van der Waals surface area contributed by atoms with Gasteiger partial charge in [-0.3, -0.25) is 0 Å². The zero-order valence-corrected chi connectivity index (χ0v) is 16.8. The van der Waals surface area contributed by atoms with Gasteiger partial charge in [-0.2, -0.15) is 0 Å². The Morgan fingerprint density at radius 2 is 1.32 bits per heavy atom. The molecule has 0 bridgehead atoms. The number of hydrogen-bond donors (Lipinski definition) is 0. The Labute approximate surface area is 154 Å². The van der Waals surface area contributed by atoms with Crippen LogP contribution in [0, 0.1) is 35.5 Å². The van der Waals surface area contributed by atoms with Gasteiger partial charge in [-0.05, 0) is 101 Å². The molecule has 0 N–H and O–H groups in total. The van der Waals surface area contributed by atoms with Gasteiger partial charge in [0.2, 0.25) is 0 Å². The zero-order valence-electron chi connectivity index (χ0n) is 16.8. The zero-order chi connectivity index (χ0) is 17.4. The maximum Gasteiger partial charge on any atom is 0.0923 e. The van der Waals surface area contributed by atoms with Crippen molar-refractivity contribution in [3.63, 3.8) is 0 Å². The van der Waals surface area contributed by atoms with E-state index in [1.54, 1.807) is 0 Å². The Morgan fingerprint density at radius 1 is 0.760 bits per heavy atom. The normalized spacial score (nSPS) is 58.8. The molecule has 9 atom stereocenters. The summed E-state index contributed by atoms with van der Waals surface area (Å²) in [6.07, 6.45) is 13.7. The van der Waals surface area contributed by atoms with E-state index in [0.29, 0.717) is 12.2 Å².